The minimum atomic E-state index is -0.00123. The first-order chi connectivity index (χ1) is 9.26. The topological polar surface area (TPSA) is 55.1 Å². The summed E-state index contributed by atoms with van der Waals surface area (Å²) in [7, 11) is 0. The molecule has 19 heavy (non-hydrogen) atoms. The highest BCUT2D eigenvalue weighted by atomic mass is 32.1. The van der Waals surface area contributed by atoms with Crippen molar-refractivity contribution in [2.24, 2.45) is 5.73 Å². The third-order valence-electron chi connectivity index (χ3n) is 3.11. The normalized spacial score (nSPS) is 10.4. The lowest BCUT2D eigenvalue weighted by Gasteiger charge is -2.09. The number of carbonyl (C=O) groups is 1. The van der Waals surface area contributed by atoms with E-state index in [1.165, 1.54) is 11.3 Å². The van der Waals surface area contributed by atoms with Gasteiger partial charge in [0, 0.05) is 13.1 Å². The molecule has 0 aliphatic rings. The zero-order valence-corrected chi connectivity index (χ0v) is 11.8. The fraction of sp³-hybridized carbons (Fsp3) is 0.267. The quantitative estimate of drug-likeness (QED) is 0.880. The molecule has 0 fully saturated rings. The smallest absolute Gasteiger partial charge is 0.261 e. The second kappa shape index (κ2) is 6.50. The summed E-state index contributed by atoms with van der Waals surface area (Å²) in [4.78, 5) is 12.9. The van der Waals surface area contributed by atoms with Gasteiger partial charge in [0.15, 0.2) is 0 Å². The minimum absolute atomic E-state index is 0.00123. The summed E-state index contributed by atoms with van der Waals surface area (Å²) in [5, 5.41) is 4.93. The Bertz CT molecular complexity index is 563. The first kappa shape index (κ1) is 13.8. The zero-order valence-electron chi connectivity index (χ0n) is 11.0. The van der Waals surface area contributed by atoms with Gasteiger partial charge in [0.1, 0.15) is 0 Å². The molecule has 0 bridgehead atoms. The van der Waals surface area contributed by atoms with Crippen molar-refractivity contribution in [1.82, 2.24) is 5.32 Å². The van der Waals surface area contributed by atoms with Gasteiger partial charge in [-0.05, 0) is 34.6 Å². The van der Waals surface area contributed by atoms with Crippen molar-refractivity contribution >= 4 is 17.2 Å². The Morgan fingerprint density at radius 3 is 2.63 bits per heavy atom. The number of hydrogen-bond donors (Lipinski definition) is 2. The Balaban J connectivity index is 2.04. The standard InChI is InChI=1S/C15H18N2OS/c1-2-11-7-8-19-14(11)15(18)17-10-13-6-4-3-5-12(13)9-16/h3-8H,2,9-10,16H2,1H3,(H,17,18). The number of amides is 1. The molecule has 2 aromatic rings. The third-order valence-corrected chi connectivity index (χ3v) is 4.07. The molecular weight excluding hydrogens is 256 g/mol. The van der Waals surface area contributed by atoms with Crippen LogP contribution in [-0.2, 0) is 19.5 Å². The van der Waals surface area contributed by atoms with Crippen molar-refractivity contribution in [3.8, 4) is 0 Å². The fourth-order valence-corrected chi connectivity index (χ4v) is 2.91. The molecule has 0 aliphatic heterocycles. The van der Waals surface area contributed by atoms with Crippen LogP contribution in [0.2, 0.25) is 0 Å². The minimum Gasteiger partial charge on any atom is -0.347 e. The Hall–Kier alpha value is -1.65. The van der Waals surface area contributed by atoms with E-state index in [0.717, 1.165) is 28.0 Å². The second-order valence-electron chi connectivity index (χ2n) is 4.28. The predicted octanol–water partition coefficient (Wildman–Crippen LogP) is 2.70. The van der Waals surface area contributed by atoms with Crippen molar-refractivity contribution in [3.05, 3.63) is 57.3 Å². The maximum atomic E-state index is 12.1. The summed E-state index contributed by atoms with van der Waals surface area (Å²) in [6, 6.07) is 9.92. The van der Waals surface area contributed by atoms with Gasteiger partial charge in [0.2, 0.25) is 0 Å². The van der Waals surface area contributed by atoms with Crippen molar-refractivity contribution in [1.29, 1.82) is 0 Å². The third kappa shape index (κ3) is 3.22. The number of aryl methyl sites for hydroxylation is 1. The van der Waals surface area contributed by atoms with Crippen LogP contribution in [0.1, 0.15) is 33.3 Å². The number of nitrogens with one attached hydrogen (secondary N) is 1. The lowest BCUT2D eigenvalue weighted by atomic mass is 10.1. The highest BCUT2D eigenvalue weighted by Gasteiger charge is 2.11. The van der Waals surface area contributed by atoms with Crippen LogP contribution < -0.4 is 11.1 Å². The van der Waals surface area contributed by atoms with Gasteiger partial charge in [-0.1, -0.05) is 31.2 Å². The molecule has 3 nitrogen and oxygen atoms in total. The van der Waals surface area contributed by atoms with Crippen molar-refractivity contribution in [2.45, 2.75) is 26.4 Å². The van der Waals surface area contributed by atoms with Gasteiger partial charge in [-0.15, -0.1) is 11.3 Å². The Labute approximate surface area is 117 Å². The molecule has 0 atom stereocenters. The number of benzene rings is 1. The first-order valence-corrected chi connectivity index (χ1v) is 7.25. The number of nitrogens with two attached hydrogens (primary N) is 1. The molecular formula is C15H18N2OS. The van der Waals surface area contributed by atoms with E-state index in [9.17, 15) is 4.79 Å². The summed E-state index contributed by atoms with van der Waals surface area (Å²) < 4.78 is 0. The van der Waals surface area contributed by atoms with Crippen LogP contribution in [0.25, 0.3) is 0 Å². The van der Waals surface area contributed by atoms with Crippen LogP contribution in [0.15, 0.2) is 35.7 Å². The number of carbonyl (C=O) groups excluding carboxylic acids is 1. The summed E-state index contributed by atoms with van der Waals surface area (Å²) in [5.74, 6) is -0.00123. The molecule has 1 aromatic heterocycles. The van der Waals surface area contributed by atoms with Crippen molar-refractivity contribution < 1.29 is 4.79 Å². The molecule has 0 radical (unpaired) electrons. The summed E-state index contributed by atoms with van der Waals surface area (Å²) in [6.07, 6.45) is 0.881. The van der Waals surface area contributed by atoms with E-state index in [4.69, 9.17) is 5.73 Å². The van der Waals surface area contributed by atoms with Gasteiger partial charge in [-0.3, -0.25) is 4.79 Å². The molecule has 1 amide bonds. The lowest BCUT2D eigenvalue weighted by Crippen LogP contribution is -2.23. The maximum Gasteiger partial charge on any atom is 0.261 e. The second-order valence-corrected chi connectivity index (χ2v) is 5.20. The van der Waals surface area contributed by atoms with Gasteiger partial charge in [0.05, 0.1) is 4.88 Å². The van der Waals surface area contributed by atoms with E-state index in [0.29, 0.717) is 13.1 Å². The Morgan fingerprint density at radius 2 is 1.95 bits per heavy atom. The molecule has 0 saturated heterocycles. The highest BCUT2D eigenvalue weighted by molar-refractivity contribution is 7.12. The van der Waals surface area contributed by atoms with E-state index in [1.54, 1.807) is 0 Å². The maximum absolute atomic E-state index is 12.1. The molecule has 0 aliphatic carbocycles. The van der Waals surface area contributed by atoms with E-state index >= 15 is 0 Å². The average molecular weight is 274 g/mol. The van der Waals surface area contributed by atoms with Crippen LogP contribution in [0.4, 0.5) is 0 Å². The lowest BCUT2D eigenvalue weighted by molar-refractivity contribution is 0.0954. The number of rotatable bonds is 5. The summed E-state index contributed by atoms with van der Waals surface area (Å²) in [5.41, 5.74) is 8.94. The Kier molecular flexibility index (Phi) is 4.71. The average Bonchev–Trinajstić information content (AvgIpc) is 2.93. The van der Waals surface area contributed by atoms with Crippen LogP contribution in [0.5, 0.6) is 0 Å². The molecule has 1 aromatic carbocycles. The summed E-state index contributed by atoms with van der Waals surface area (Å²) >= 11 is 1.49. The van der Waals surface area contributed by atoms with Crippen LogP contribution in [-0.4, -0.2) is 5.91 Å². The van der Waals surface area contributed by atoms with Crippen LogP contribution in [0.3, 0.4) is 0 Å². The first-order valence-electron chi connectivity index (χ1n) is 6.37. The van der Waals surface area contributed by atoms with Gasteiger partial charge in [-0.25, -0.2) is 0 Å². The molecule has 2 rings (SSSR count). The van der Waals surface area contributed by atoms with E-state index in [-0.39, 0.29) is 5.91 Å². The van der Waals surface area contributed by atoms with Gasteiger partial charge < -0.3 is 11.1 Å². The predicted molar refractivity (Wildman–Crippen MR) is 79.2 cm³/mol. The molecule has 1 heterocycles. The number of hydrogen-bond acceptors (Lipinski definition) is 3. The molecule has 0 saturated carbocycles. The van der Waals surface area contributed by atoms with Gasteiger partial charge in [0.25, 0.3) is 5.91 Å². The van der Waals surface area contributed by atoms with Crippen molar-refractivity contribution in [3.63, 3.8) is 0 Å². The SMILES string of the molecule is CCc1ccsc1C(=O)NCc1ccccc1CN. The van der Waals surface area contributed by atoms with Gasteiger partial charge in [-0.2, -0.15) is 0 Å². The van der Waals surface area contributed by atoms with E-state index < -0.39 is 0 Å². The highest BCUT2D eigenvalue weighted by Crippen LogP contribution is 2.17. The summed E-state index contributed by atoms with van der Waals surface area (Å²) in [6.45, 7) is 3.07. The van der Waals surface area contributed by atoms with Gasteiger partial charge >= 0.3 is 0 Å². The largest absolute Gasteiger partial charge is 0.347 e. The van der Waals surface area contributed by atoms with E-state index in [1.807, 2.05) is 35.7 Å². The monoisotopic (exact) mass is 274 g/mol. The fourth-order valence-electron chi connectivity index (χ4n) is 2.00. The molecule has 0 spiro atoms. The zero-order chi connectivity index (χ0) is 13.7. The molecule has 100 valence electrons. The van der Waals surface area contributed by atoms with Crippen LogP contribution in [0, 0.1) is 0 Å². The molecule has 0 unspecified atom stereocenters. The Morgan fingerprint density at radius 1 is 1.21 bits per heavy atom. The van der Waals surface area contributed by atoms with E-state index in [2.05, 4.69) is 12.2 Å². The molecule has 3 N–H and O–H groups in total. The van der Waals surface area contributed by atoms with Crippen LogP contribution >= 0.6 is 11.3 Å². The van der Waals surface area contributed by atoms with Crippen molar-refractivity contribution in [2.75, 3.05) is 0 Å². The molecule has 4 heteroatoms. The number of thiophene rings is 1.